The minimum absolute atomic E-state index is 0.297. The highest BCUT2D eigenvalue weighted by Crippen LogP contribution is 2.26. The minimum Gasteiger partial charge on any atom is -0.480 e. The van der Waals surface area contributed by atoms with E-state index in [1.54, 1.807) is 0 Å². The van der Waals surface area contributed by atoms with E-state index in [1.165, 1.54) is 6.92 Å². The third-order valence-corrected chi connectivity index (χ3v) is 2.56. The van der Waals surface area contributed by atoms with Crippen LogP contribution in [0.2, 0.25) is 0 Å². The van der Waals surface area contributed by atoms with Gasteiger partial charge in [0.05, 0.1) is 0 Å². The zero-order chi connectivity index (χ0) is 11.4. The van der Waals surface area contributed by atoms with Gasteiger partial charge in [-0.05, 0) is 19.4 Å². The second-order valence-corrected chi connectivity index (χ2v) is 3.91. The number of aliphatic carboxylic acids is 1. The molecule has 1 saturated carbocycles. The molecule has 1 unspecified atom stereocenters. The van der Waals surface area contributed by atoms with Crippen molar-refractivity contribution in [2.24, 2.45) is 0 Å². The van der Waals surface area contributed by atoms with Crippen molar-refractivity contribution in [2.45, 2.75) is 38.8 Å². The van der Waals surface area contributed by atoms with Crippen LogP contribution in [0.15, 0.2) is 0 Å². The molecule has 1 amide bonds. The van der Waals surface area contributed by atoms with Crippen LogP contribution in [0.1, 0.15) is 26.7 Å². The maximum absolute atomic E-state index is 10.9. The number of nitrogens with zero attached hydrogens (tertiary/aromatic N) is 1. The summed E-state index contributed by atoms with van der Waals surface area (Å²) in [5, 5.41) is 11.4. The summed E-state index contributed by atoms with van der Waals surface area (Å²) < 4.78 is 0. The summed E-state index contributed by atoms with van der Waals surface area (Å²) in [7, 11) is 0. The van der Waals surface area contributed by atoms with Gasteiger partial charge in [0.15, 0.2) is 0 Å². The van der Waals surface area contributed by atoms with E-state index in [2.05, 4.69) is 10.2 Å². The van der Waals surface area contributed by atoms with E-state index in [0.29, 0.717) is 12.6 Å². The van der Waals surface area contributed by atoms with Crippen LogP contribution in [-0.2, 0) is 9.59 Å². The van der Waals surface area contributed by atoms with Crippen LogP contribution >= 0.6 is 0 Å². The summed E-state index contributed by atoms with van der Waals surface area (Å²) in [6.45, 7) is 4.57. The van der Waals surface area contributed by atoms with Gasteiger partial charge >= 0.3 is 5.97 Å². The van der Waals surface area contributed by atoms with Gasteiger partial charge in [0, 0.05) is 19.5 Å². The molecule has 1 atom stereocenters. The highest BCUT2D eigenvalue weighted by Gasteiger charge is 2.31. The summed E-state index contributed by atoms with van der Waals surface area (Å²) in [5.41, 5.74) is 0. The Labute approximate surface area is 89.4 Å². The second-order valence-electron chi connectivity index (χ2n) is 3.91. The highest BCUT2D eigenvalue weighted by atomic mass is 16.4. The molecule has 0 spiro atoms. The van der Waals surface area contributed by atoms with Gasteiger partial charge in [-0.15, -0.1) is 0 Å². The van der Waals surface area contributed by atoms with E-state index in [4.69, 9.17) is 5.11 Å². The lowest BCUT2D eigenvalue weighted by Gasteiger charge is -2.24. The van der Waals surface area contributed by atoms with Gasteiger partial charge in [-0.1, -0.05) is 6.92 Å². The van der Waals surface area contributed by atoms with Crippen molar-refractivity contribution in [3.05, 3.63) is 0 Å². The van der Waals surface area contributed by atoms with E-state index >= 15 is 0 Å². The van der Waals surface area contributed by atoms with Crippen molar-refractivity contribution in [1.82, 2.24) is 10.2 Å². The molecule has 0 aromatic carbocycles. The summed E-state index contributed by atoms with van der Waals surface area (Å²) in [6.07, 6.45) is 2.28. The number of carbonyl (C=O) groups is 2. The van der Waals surface area contributed by atoms with E-state index in [-0.39, 0.29) is 5.91 Å². The van der Waals surface area contributed by atoms with Gasteiger partial charge in [0.25, 0.3) is 0 Å². The molecular formula is C10H18N2O3. The Morgan fingerprint density at radius 2 is 2.13 bits per heavy atom. The third-order valence-electron chi connectivity index (χ3n) is 2.56. The van der Waals surface area contributed by atoms with Gasteiger partial charge < -0.3 is 10.4 Å². The Hall–Kier alpha value is -1.10. The van der Waals surface area contributed by atoms with Crippen LogP contribution in [0.25, 0.3) is 0 Å². The first-order chi connectivity index (χ1) is 7.04. The lowest BCUT2D eigenvalue weighted by Crippen LogP contribution is -2.48. The molecule has 1 rings (SSSR count). The predicted molar refractivity (Wildman–Crippen MR) is 55.5 cm³/mol. The third kappa shape index (κ3) is 3.87. The normalized spacial score (nSPS) is 17.5. The van der Waals surface area contributed by atoms with Gasteiger partial charge in [-0.25, -0.2) is 4.79 Å². The molecule has 1 aliphatic carbocycles. The Bertz CT molecular complexity index is 251. The molecule has 0 aromatic heterocycles. The van der Waals surface area contributed by atoms with Gasteiger partial charge in [0.2, 0.25) is 5.91 Å². The molecule has 15 heavy (non-hydrogen) atoms. The maximum Gasteiger partial charge on any atom is 0.327 e. The monoisotopic (exact) mass is 214 g/mol. The molecule has 0 radical (unpaired) electrons. The Kier molecular flexibility index (Phi) is 4.08. The first kappa shape index (κ1) is 12.0. The smallest absolute Gasteiger partial charge is 0.327 e. The fourth-order valence-corrected chi connectivity index (χ4v) is 1.64. The fourth-order valence-electron chi connectivity index (χ4n) is 1.64. The number of amides is 1. The maximum atomic E-state index is 10.9. The highest BCUT2D eigenvalue weighted by molar-refractivity contribution is 5.82. The molecular weight excluding hydrogens is 196 g/mol. The molecule has 0 aromatic rings. The number of hydrogen-bond donors (Lipinski definition) is 2. The van der Waals surface area contributed by atoms with Gasteiger partial charge in [-0.2, -0.15) is 0 Å². The molecule has 0 bridgehead atoms. The van der Waals surface area contributed by atoms with Crippen LogP contribution in [-0.4, -0.2) is 47.1 Å². The van der Waals surface area contributed by atoms with Crippen LogP contribution in [0.5, 0.6) is 0 Å². The summed E-state index contributed by atoms with van der Waals surface area (Å²) in [4.78, 5) is 23.8. The number of carboxylic acid groups (broad SMARTS) is 1. The molecule has 1 fully saturated rings. The quantitative estimate of drug-likeness (QED) is 0.656. The number of carbonyl (C=O) groups excluding carboxylic acids is 1. The Morgan fingerprint density at radius 3 is 2.47 bits per heavy atom. The van der Waals surface area contributed by atoms with Crippen molar-refractivity contribution >= 4 is 11.9 Å². The van der Waals surface area contributed by atoms with Crippen LogP contribution in [0.4, 0.5) is 0 Å². The first-order valence-electron chi connectivity index (χ1n) is 5.28. The summed E-state index contributed by atoms with van der Waals surface area (Å²) in [6, 6.07) is -0.270. The lowest BCUT2D eigenvalue weighted by atomic mass is 10.2. The molecule has 5 heteroatoms. The van der Waals surface area contributed by atoms with E-state index in [9.17, 15) is 9.59 Å². The van der Waals surface area contributed by atoms with Crippen molar-refractivity contribution < 1.29 is 14.7 Å². The lowest BCUT2D eigenvalue weighted by molar-refractivity contribution is -0.142. The first-order valence-corrected chi connectivity index (χ1v) is 5.28. The zero-order valence-corrected chi connectivity index (χ0v) is 9.19. The molecule has 5 nitrogen and oxygen atoms in total. The second kappa shape index (κ2) is 5.11. The molecule has 2 N–H and O–H groups in total. The van der Waals surface area contributed by atoms with E-state index in [0.717, 1.165) is 19.4 Å². The largest absolute Gasteiger partial charge is 0.480 e. The van der Waals surface area contributed by atoms with E-state index < -0.39 is 12.0 Å². The van der Waals surface area contributed by atoms with Gasteiger partial charge in [0.1, 0.15) is 6.04 Å². The SMILES string of the molecule is CCN(CC(NC(C)=O)C(=O)O)C1CC1. The van der Waals surface area contributed by atoms with Crippen molar-refractivity contribution in [1.29, 1.82) is 0 Å². The zero-order valence-electron chi connectivity index (χ0n) is 9.19. The average molecular weight is 214 g/mol. The molecule has 0 heterocycles. The average Bonchev–Trinajstić information content (AvgIpc) is 2.94. The Morgan fingerprint density at radius 1 is 1.53 bits per heavy atom. The molecule has 86 valence electrons. The summed E-state index contributed by atoms with van der Waals surface area (Å²) >= 11 is 0. The van der Waals surface area contributed by atoms with Crippen LogP contribution in [0, 0.1) is 0 Å². The molecule has 1 aliphatic rings. The molecule has 0 saturated heterocycles. The number of nitrogens with one attached hydrogen (secondary N) is 1. The fraction of sp³-hybridized carbons (Fsp3) is 0.800. The number of hydrogen-bond acceptors (Lipinski definition) is 3. The van der Waals surface area contributed by atoms with Crippen molar-refractivity contribution in [3.63, 3.8) is 0 Å². The van der Waals surface area contributed by atoms with Crippen molar-refractivity contribution in [2.75, 3.05) is 13.1 Å². The Balaban J connectivity index is 2.48. The molecule has 0 aliphatic heterocycles. The van der Waals surface area contributed by atoms with Crippen LogP contribution < -0.4 is 5.32 Å². The van der Waals surface area contributed by atoms with Crippen molar-refractivity contribution in [3.8, 4) is 0 Å². The van der Waals surface area contributed by atoms with E-state index in [1.807, 2.05) is 6.92 Å². The number of likely N-dealkylation sites (N-methyl/N-ethyl adjacent to an activating group) is 1. The standard InChI is InChI=1S/C10H18N2O3/c1-3-12(8-4-5-8)6-9(10(14)15)11-7(2)13/h8-9H,3-6H2,1-2H3,(H,11,13)(H,14,15). The number of rotatable bonds is 6. The summed E-state index contributed by atoms with van der Waals surface area (Å²) in [5.74, 6) is -1.27. The number of carboxylic acids is 1. The predicted octanol–water partition coefficient (Wildman–Crippen LogP) is 0.0600. The minimum atomic E-state index is -0.968. The topological polar surface area (TPSA) is 69.6 Å². The van der Waals surface area contributed by atoms with Crippen LogP contribution in [0.3, 0.4) is 0 Å². The van der Waals surface area contributed by atoms with Gasteiger partial charge in [-0.3, -0.25) is 9.69 Å².